The van der Waals surface area contributed by atoms with Gasteiger partial charge in [0.1, 0.15) is 6.04 Å². The number of carbonyl (C=O) groups excluding carboxylic acids is 2. The van der Waals surface area contributed by atoms with Crippen LogP contribution in [0.15, 0.2) is 18.2 Å². The van der Waals surface area contributed by atoms with Gasteiger partial charge in [0.2, 0.25) is 5.91 Å². The molecule has 0 unspecified atom stereocenters. The maximum atomic E-state index is 12.6. The van der Waals surface area contributed by atoms with Crippen LogP contribution in [0, 0.1) is 0 Å². The van der Waals surface area contributed by atoms with E-state index in [2.05, 4.69) is 5.32 Å². The summed E-state index contributed by atoms with van der Waals surface area (Å²) in [6.07, 6.45) is 1.49. The number of hydrogen-bond donors (Lipinski definition) is 1. The Morgan fingerprint density at radius 2 is 1.86 bits per heavy atom. The summed E-state index contributed by atoms with van der Waals surface area (Å²) in [4.78, 5) is 26.4. The first kappa shape index (κ1) is 16.1. The fourth-order valence-electron chi connectivity index (χ4n) is 2.51. The molecule has 1 fully saturated rings. The third kappa shape index (κ3) is 3.89. The van der Waals surface area contributed by atoms with Gasteiger partial charge in [-0.2, -0.15) is 0 Å². The topological polar surface area (TPSA) is 49.4 Å². The SMILES string of the molecule is CC(C)NC(=O)[C@@H]1CCCN1C(=O)c1cc(Cl)cc(Cl)c1. The Labute approximate surface area is 134 Å². The average Bonchev–Trinajstić information content (AvgIpc) is 2.84. The molecule has 1 N–H and O–H groups in total. The van der Waals surface area contributed by atoms with Gasteiger partial charge in [0.05, 0.1) is 0 Å². The van der Waals surface area contributed by atoms with Crippen LogP contribution >= 0.6 is 23.2 Å². The zero-order valence-electron chi connectivity index (χ0n) is 12.0. The molecule has 1 aliphatic rings. The molecule has 0 bridgehead atoms. The summed E-state index contributed by atoms with van der Waals surface area (Å²) in [6, 6.07) is 4.36. The number of rotatable bonds is 3. The number of amides is 2. The summed E-state index contributed by atoms with van der Waals surface area (Å²) in [5.41, 5.74) is 0.414. The van der Waals surface area contributed by atoms with Crippen LogP contribution in [0.2, 0.25) is 10.0 Å². The van der Waals surface area contributed by atoms with E-state index in [0.717, 1.165) is 6.42 Å². The van der Waals surface area contributed by atoms with Gasteiger partial charge >= 0.3 is 0 Å². The molecule has 2 rings (SSSR count). The molecular formula is C15H18Cl2N2O2. The number of halogens is 2. The zero-order valence-corrected chi connectivity index (χ0v) is 13.5. The van der Waals surface area contributed by atoms with E-state index in [-0.39, 0.29) is 17.9 Å². The minimum Gasteiger partial charge on any atom is -0.352 e. The standard InChI is InChI=1S/C15H18Cl2N2O2/c1-9(2)18-14(20)13-4-3-5-19(13)15(21)10-6-11(16)8-12(17)7-10/h6-9,13H,3-5H2,1-2H3,(H,18,20)/t13-/m0/s1. The molecule has 1 aliphatic heterocycles. The molecular weight excluding hydrogens is 311 g/mol. The fourth-order valence-corrected chi connectivity index (χ4v) is 3.03. The van der Waals surface area contributed by atoms with Gasteiger partial charge in [-0.25, -0.2) is 0 Å². The molecule has 2 amide bonds. The van der Waals surface area contributed by atoms with Crippen LogP contribution < -0.4 is 5.32 Å². The minimum absolute atomic E-state index is 0.0515. The lowest BCUT2D eigenvalue weighted by Gasteiger charge is -2.25. The van der Waals surface area contributed by atoms with Gasteiger partial charge in [-0.05, 0) is 44.9 Å². The van der Waals surface area contributed by atoms with Crippen LogP contribution in [0.4, 0.5) is 0 Å². The molecule has 1 aromatic rings. The highest BCUT2D eigenvalue weighted by Gasteiger charge is 2.34. The van der Waals surface area contributed by atoms with Crippen molar-refractivity contribution in [2.24, 2.45) is 0 Å². The smallest absolute Gasteiger partial charge is 0.254 e. The summed E-state index contributed by atoms with van der Waals surface area (Å²) < 4.78 is 0. The number of carbonyl (C=O) groups is 2. The van der Waals surface area contributed by atoms with E-state index in [4.69, 9.17) is 23.2 Å². The lowest BCUT2D eigenvalue weighted by atomic mass is 10.1. The summed E-state index contributed by atoms with van der Waals surface area (Å²) in [6.45, 7) is 4.37. The first-order valence-electron chi connectivity index (χ1n) is 6.96. The predicted octanol–water partition coefficient (Wildman–Crippen LogP) is 3.12. The Kier molecular flexibility index (Phi) is 5.12. The van der Waals surface area contributed by atoms with Gasteiger partial charge in [-0.15, -0.1) is 0 Å². The Morgan fingerprint density at radius 3 is 2.43 bits per heavy atom. The van der Waals surface area contributed by atoms with Crippen molar-refractivity contribution >= 4 is 35.0 Å². The average molecular weight is 329 g/mol. The number of likely N-dealkylation sites (tertiary alicyclic amines) is 1. The van der Waals surface area contributed by atoms with Crippen LogP contribution in [0.5, 0.6) is 0 Å². The van der Waals surface area contributed by atoms with E-state index >= 15 is 0 Å². The summed E-state index contributed by atoms with van der Waals surface area (Å²) >= 11 is 11.9. The lowest BCUT2D eigenvalue weighted by molar-refractivity contribution is -0.125. The van der Waals surface area contributed by atoms with Gasteiger partial charge in [0.25, 0.3) is 5.91 Å². The van der Waals surface area contributed by atoms with Crippen molar-refractivity contribution in [2.75, 3.05) is 6.54 Å². The highest BCUT2D eigenvalue weighted by Crippen LogP contribution is 2.24. The molecule has 6 heteroatoms. The van der Waals surface area contributed by atoms with Crippen molar-refractivity contribution in [3.8, 4) is 0 Å². The number of benzene rings is 1. The Morgan fingerprint density at radius 1 is 1.24 bits per heavy atom. The van der Waals surface area contributed by atoms with E-state index in [9.17, 15) is 9.59 Å². The second kappa shape index (κ2) is 6.67. The zero-order chi connectivity index (χ0) is 15.6. The molecule has 4 nitrogen and oxygen atoms in total. The van der Waals surface area contributed by atoms with Crippen molar-refractivity contribution in [1.29, 1.82) is 0 Å². The monoisotopic (exact) mass is 328 g/mol. The van der Waals surface area contributed by atoms with Crippen molar-refractivity contribution in [3.05, 3.63) is 33.8 Å². The molecule has 1 atom stereocenters. The summed E-state index contributed by atoms with van der Waals surface area (Å²) in [5, 5.41) is 3.68. The molecule has 1 heterocycles. The van der Waals surface area contributed by atoms with E-state index in [1.165, 1.54) is 0 Å². The second-order valence-electron chi connectivity index (χ2n) is 5.48. The maximum Gasteiger partial charge on any atom is 0.254 e. The van der Waals surface area contributed by atoms with Crippen LogP contribution in [0.1, 0.15) is 37.0 Å². The third-order valence-corrected chi connectivity index (χ3v) is 3.79. The molecule has 1 saturated heterocycles. The quantitative estimate of drug-likeness (QED) is 0.926. The molecule has 0 aliphatic carbocycles. The van der Waals surface area contributed by atoms with Crippen molar-refractivity contribution < 1.29 is 9.59 Å². The lowest BCUT2D eigenvalue weighted by Crippen LogP contribution is -2.47. The Hall–Kier alpha value is -1.26. The van der Waals surface area contributed by atoms with Gasteiger partial charge < -0.3 is 10.2 Å². The predicted molar refractivity (Wildman–Crippen MR) is 83.8 cm³/mol. The molecule has 0 aromatic heterocycles. The molecule has 0 radical (unpaired) electrons. The Balaban J connectivity index is 2.19. The number of nitrogens with one attached hydrogen (secondary N) is 1. The summed E-state index contributed by atoms with van der Waals surface area (Å²) in [7, 11) is 0. The highest BCUT2D eigenvalue weighted by molar-refractivity contribution is 6.35. The van der Waals surface area contributed by atoms with E-state index in [1.54, 1.807) is 23.1 Å². The van der Waals surface area contributed by atoms with Crippen molar-refractivity contribution in [3.63, 3.8) is 0 Å². The number of hydrogen-bond acceptors (Lipinski definition) is 2. The molecule has 0 saturated carbocycles. The van der Waals surface area contributed by atoms with Crippen LogP contribution in [0.3, 0.4) is 0 Å². The van der Waals surface area contributed by atoms with E-state index < -0.39 is 6.04 Å². The van der Waals surface area contributed by atoms with Gasteiger partial charge in [0.15, 0.2) is 0 Å². The summed E-state index contributed by atoms with van der Waals surface area (Å²) in [5.74, 6) is -0.315. The largest absolute Gasteiger partial charge is 0.352 e. The van der Waals surface area contributed by atoms with Crippen molar-refractivity contribution in [2.45, 2.75) is 38.8 Å². The highest BCUT2D eigenvalue weighted by atomic mass is 35.5. The van der Waals surface area contributed by atoms with Gasteiger partial charge in [0, 0.05) is 28.2 Å². The van der Waals surface area contributed by atoms with Crippen molar-refractivity contribution in [1.82, 2.24) is 10.2 Å². The van der Waals surface area contributed by atoms with Gasteiger partial charge in [-0.3, -0.25) is 9.59 Å². The normalized spacial score (nSPS) is 18.1. The molecule has 114 valence electrons. The van der Waals surface area contributed by atoms with Gasteiger partial charge in [-0.1, -0.05) is 23.2 Å². The van der Waals surface area contributed by atoms with Crippen LogP contribution in [0.25, 0.3) is 0 Å². The third-order valence-electron chi connectivity index (χ3n) is 3.36. The second-order valence-corrected chi connectivity index (χ2v) is 6.35. The maximum absolute atomic E-state index is 12.6. The van der Waals surface area contributed by atoms with E-state index in [0.29, 0.717) is 28.6 Å². The minimum atomic E-state index is -0.419. The molecule has 0 spiro atoms. The first-order chi connectivity index (χ1) is 9.88. The molecule has 21 heavy (non-hydrogen) atoms. The van der Waals surface area contributed by atoms with Crippen LogP contribution in [-0.2, 0) is 4.79 Å². The Bertz CT molecular complexity index is 540. The first-order valence-corrected chi connectivity index (χ1v) is 7.71. The van der Waals surface area contributed by atoms with Crippen LogP contribution in [-0.4, -0.2) is 35.3 Å². The molecule has 1 aromatic carbocycles. The number of nitrogens with zero attached hydrogens (tertiary/aromatic N) is 1. The fraction of sp³-hybridized carbons (Fsp3) is 0.467. The van der Waals surface area contributed by atoms with E-state index in [1.807, 2.05) is 13.8 Å².